The Hall–Kier alpha value is -1.87. The molecule has 2 aromatic carbocycles. The van der Waals surface area contributed by atoms with Gasteiger partial charge in [-0.25, -0.2) is 0 Å². The minimum absolute atomic E-state index is 0.0832. The van der Waals surface area contributed by atoms with Crippen molar-refractivity contribution in [1.29, 1.82) is 0 Å². The van der Waals surface area contributed by atoms with Crippen molar-refractivity contribution in [2.24, 2.45) is 0 Å². The van der Waals surface area contributed by atoms with E-state index in [2.05, 4.69) is 0 Å². The van der Waals surface area contributed by atoms with Crippen LogP contribution in [0.4, 0.5) is 0 Å². The van der Waals surface area contributed by atoms with E-state index in [1.54, 1.807) is 6.07 Å². The molecule has 0 saturated heterocycles. The molecule has 0 radical (unpaired) electrons. The molecule has 1 fully saturated rings. The first-order valence-electron chi connectivity index (χ1n) is 6.57. The molecule has 1 saturated carbocycles. The Kier molecular flexibility index (Phi) is 2.99. The molecule has 1 aliphatic carbocycles. The van der Waals surface area contributed by atoms with E-state index in [9.17, 15) is 9.90 Å². The summed E-state index contributed by atoms with van der Waals surface area (Å²) < 4.78 is 5.30. The maximum atomic E-state index is 11.8. The van der Waals surface area contributed by atoms with E-state index in [0.29, 0.717) is 18.6 Å². The van der Waals surface area contributed by atoms with E-state index >= 15 is 0 Å². The normalized spacial score (nSPS) is 16.9. The van der Waals surface area contributed by atoms with Crippen LogP contribution in [0.1, 0.15) is 25.7 Å². The summed E-state index contributed by atoms with van der Waals surface area (Å²) in [5, 5.41) is 12.1. The summed E-state index contributed by atoms with van der Waals surface area (Å²) in [5.74, 6) is 0.170. The molecule has 3 heteroatoms. The molecule has 1 aliphatic rings. The van der Waals surface area contributed by atoms with Crippen LogP contribution in [0.15, 0.2) is 42.5 Å². The molecular weight excluding hydrogens is 240 g/mol. The van der Waals surface area contributed by atoms with Crippen LogP contribution in [0.2, 0.25) is 0 Å². The fourth-order valence-corrected chi connectivity index (χ4v) is 2.43. The molecule has 0 aliphatic heterocycles. The molecule has 0 atom stereocenters. The number of carbonyl (C=O) groups excluding carboxylic acids is 1. The van der Waals surface area contributed by atoms with Gasteiger partial charge in [0.1, 0.15) is 5.75 Å². The number of fused-ring (bicyclic) bond motifs is 1. The number of rotatable bonds is 3. The summed E-state index contributed by atoms with van der Waals surface area (Å²) in [4.78, 5) is 11.8. The quantitative estimate of drug-likeness (QED) is 0.678. The van der Waals surface area contributed by atoms with Crippen molar-refractivity contribution in [3.8, 4) is 5.75 Å². The zero-order valence-corrected chi connectivity index (χ0v) is 10.6. The van der Waals surface area contributed by atoms with Crippen LogP contribution in [0.25, 0.3) is 10.8 Å². The number of ether oxygens (including phenoxy) is 1. The molecule has 3 nitrogen and oxygen atoms in total. The first-order valence-corrected chi connectivity index (χ1v) is 6.57. The van der Waals surface area contributed by atoms with E-state index < -0.39 is 5.60 Å². The second-order valence-electron chi connectivity index (χ2n) is 5.24. The van der Waals surface area contributed by atoms with Crippen LogP contribution in [-0.2, 0) is 4.79 Å². The van der Waals surface area contributed by atoms with Crippen LogP contribution >= 0.6 is 0 Å². The maximum Gasteiger partial charge on any atom is 0.314 e. The lowest BCUT2D eigenvalue weighted by Crippen LogP contribution is -2.39. The van der Waals surface area contributed by atoms with Gasteiger partial charge in [-0.15, -0.1) is 0 Å². The van der Waals surface area contributed by atoms with E-state index in [4.69, 9.17) is 4.74 Å². The SMILES string of the molecule is O=C(CC1(O)CCC1)Oc1ccc2ccccc2c1. The van der Waals surface area contributed by atoms with Gasteiger partial charge in [0.25, 0.3) is 0 Å². The van der Waals surface area contributed by atoms with Crippen LogP contribution < -0.4 is 4.74 Å². The molecule has 0 spiro atoms. The minimum atomic E-state index is -0.825. The van der Waals surface area contributed by atoms with Gasteiger partial charge in [0.2, 0.25) is 0 Å². The third kappa shape index (κ3) is 2.61. The number of hydrogen-bond acceptors (Lipinski definition) is 3. The highest BCUT2D eigenvalue weighted by Gasteiger charge is 2.37. The highest BCUT2D eigenvalue weighted by molar-refractivity contribution is 5.84. The monoisotopic (exact) mass is 256 g/mol. The van der Waals surface area contributed by atoms with Crippen molar-refractivity contribution in [3.05, 3.63) is 42.5 Å². The summed E-state index contributed by atoms with van der Waals surface area (Å²) in [6, 6.07) is 13.5. The molecule has 0 unspecified atom stereocenters. The van der Waals surface area contributed by atoms with E-state index in [-0.39, 0.29) is 12.4 Å². The second-order valence-corrected chi connectivity index (χ2v) is 5.24. The van der Waals surface area contributed by atoms with Gasteiger partial charge in [-0.3, -0.25) is 4.79 Å². The zero-order chi connectivity index (χ0) is 13.3. The van der Waals surface area contributed by atoms with Gasteiger partial charge in [0.15, 0.2) is 0 Å². The Balaban J connectivity index is 1.72. The fourth-order valence-electron chi connectivity index (χ4n) is 2.43. The highest BCUT2D eigenvalue weighted by atomic mass is 16.5. The number of aliphatic hydroxyl groups is 1. The molecule has 19 heavy (non-hydrogen) atoms. The van der Waals surface area contributed by atoms with Gasteiger partial charge < -0.3 is 9.84 Å². The van der Waals surface area contributed by atoms with Gasteiger partial charge in [-0.2, -0.15) is 0 Å². The lowest BCUT2D eigenvalue weighted by molar-refractivity contribution is -0.143. The Morgan fingerprint density at radius 2 is 1.89 bits per heavy atom. The lowest BCUT2D eigenvalue weighted by atomic mass is 9.78. The fraction of sp³-hybridized carbons (Fsp3) is 0.312. The van der Waals surface area contributed by atoms with Crippen molar-refractivity contribution >= 4 is 16.7 Å². The van der Waals surface area contributed by atoms with Crippen molar-refractivity contribution in [2.45, 2.75) is 31.3 Å². The van der Waals surface area contributed by atoms with E-state index in [1.807, 2.05) is 36.4 Å². The predicted molar refractivity (Wildman–Crippen MR) is 73.0 cm³/mol. The number of benzene rings is 2. The topological polar surface area (TPSA) is 46.5 Å². The Morgan fingerprint density at radius 1 is 1.16 bits per heavy atom. The summed E-state index contributed by atoms with van der Waals surface area (Å²) >= 11 is 0. The van der Waals surface area contributed by atoms with Crippen LogP contribution in [0.3, 0.4) is 0 Å². The third-order valence-corrected chi connectivity index (χ3v) is 3.71. The van der Waals surface area contributed by atoms with Crippen LogP contribution in [0.5, 0.6) is 5.75 Å². The molecular formula is C16H16O3. The molecule has 3 rings (SSSR count). The van der Waals surface area contributed by atoms with E-state index in [1.165, 1.54) is 0 Å². The molecule has 2 aromatic rings. The number of hydrogen-bond donors (Lipinski definition) is 1. The van der Waals surface area contributed by atoms with Gasteiger partial charge in [0.05, 0.1) is 12.0 Å². The molecule has 0 heterocycles. The highest BCUT2D eigenvalue weighted by Crippen LogP contribution is 2.35. The Morgan fingerprint density at radius 3 is 2.58 bits per heavy atom. The molecule has 1 N–H and O–H groups in total. The van der Waals surface area contributed by atoms with Gasteiger partial charge in [-0.05, 0) is 42.2 Å². The van der Waals surface area contributed by atoms with Gasteiger partial charge >= 0.3 is 5.97 Å². The Labute approximate surface area is 111 Å². The zero-order valence-electron chi connectivity index (χ0n) is 10.6. The third-order valence-electron chi connectivity index (χ3n) is 3.71. The average Bonchev–Trinajstić information content (AvgIpc) is 2.36. The second kappa shape index (κ2) is 4.67. The van der Waals surface area contributed by atoms with Crippen molar-refractivity contribution in [1.82, 2.24) is 0 Å². The summed E-state index contributed by atoms with van der Waals surface area (Å²) in [5.41, 5.74) is -0.825. The smallest absolute Gasteiger partial charge is 0.314 e. The average molecular weight is 256 g/mol. The summed E-state index contributed by atoms with van der Waals surface area (Å²) in [7, 11) is 0. The standard InChI is InChI=1S/C16H16O3/c17-15(11-16(18)8-3-9-16)19-14-7-6-12-4-1-2-5-13(12)10-14/h1-2,4-7,10,18H,3,8-9,11H2. The molecule has 0 aromatic heterocycles. The predicted octanol–water partition coefficient (Wildman–Crippen LogP) is 3.05. The maximum absolute atomic E-state index is 11.8. The molecule has 0 bridgehead atoms. The van der Waals surface area contributed by atoms with Crippen molar-refractivity contribution < 1.29 is 14.6 Å². The molecule has 98 valence electrons. The Bertz CT molecular complexity index is 614. The van der Waals surface area contributed by atoms with Crippen LogP contribution in [0, 0.1) is 0 Å². The lowest BCUT2D eigenvalue weighted by Gasteiger charge is -2.35. The van der Waals surface area contributed by atoms with Gasteiger partial charge in [0, 0.05) is 0 Å². The van der Waals surface area contributed by atoms with Crippen molar-refractivity contribution in [3.63, 3.8) is 0 Å². The van der Waals surface area contributed by atoms with Crippen LogP contribution in [-0.4, -0.2) is 16.7 Å². The largest absolute Gasteiger partial charge is 0.426 e. The minimum Gasteiger partial charge on any atom is -0.426 e. The number of esters is 1. The first-order chi connectivity index (χ1) is 9.15. The van der Waals surface area contributed by atoms with Crippen molar-refractivity contribution in [2.75, 3.05) is 0 Å². The first kappa shape index (κ1) is 12.2. The van der Waals surface area contributed by atoms with E-state index in [0.717, 1.165) is 17.2 Å². The van der Waals surface area contributed by atoms with Gasteiger partial charge in [-0.1, -0.05) is 30.3 Å². The summed E-state index contributed by atoms with van der Waals surface area (Å²) in [6.45, 7) is 0. The molecule has 0 amide bonds. The number of carbonyl (C=O) groups is 1. The summed E-state index contributed by atoms with van der Waals surface area (Å²) in [6.07, 6.45) is 2.46.